The quantitative estimate of drug-likeness (QED) is 0.763. The van der Waals surface area contributed by atoms with E-state index in [4.69, 9.17) is 16.6 Å². The molecular formula is C16H19ClN2. The van der Waals surface area contributed by atoms with E-state index < -0.39 is 0 Å². The molecule has 1 aliphatic rings. The fraction of sp³-hybridized carbons (Fsp3) is 0.438. The van der Waals surface area contributed by atoms with E-state index in [1.165, 1.54) is 18.2 Å². The van der Waals surface area contributed by atoms with Gasteiger partial charge in [0.15, 0.2) is 0 Å². The minimum Gasteiger partial charge on any atom is -0.356 e. The highest BCUT2D eigenvalue weighted by molar-refractivity contribution is 6.17. The van der Waals surface area contributed by atoms with Crippen molar-refractivity contribution >= 4 is 28.3 Å². The number of rotatable bonds is 2. The lowest BCUT2D eigenvalue weighted by Crippen LogP contribution is -2.35. The van der Waals surface area contributed by atoms with Gasteiger partial charge in [0, 0.05) is 24.0 Å². The van der Waals surface area contributed by atoms with Crippen molar-refractivity contribution in [1.82, 2.24) is 4.98 Å². The summed E-state index contributed by atoms with van der Waals surface area (Å²) >= 11 is 6.12. The second-order valence-corrected chi connectivity index (χ2v) is 5.76. The van der Waals surface area contributed by atoms with Crippen LogP contribution in [-0.4, -0.2) is 18.1 Å². The van der Waals surface area contributed by atoms with Crippen molar-refractivity contribution in [1.29, 1.82) is 0 Å². The van der Waals surface area contributed by atoms with E-state index in [2.05, 4.69) is 30.0 Å². The van der Waals surface area contributed by atoms with Gasteiger partial charge < -0.3 is 4.90 Å². The first-order valence-corrected chi connectivity index (χ1v) is 7.51. The zero-order valence-corrected chi connectivity index (χ0v) is 12.0. The molecule has 0 bridgehead atoms. The van der Waals surface area contributed by atoms with Gasteiger partial charge in [-0.2, -0.15) is 0 Å². The third-order valence-electron chi connectivity index (χ3n) is 3.88. The van der Waals surface area contributed by atoms with Crippen molar-refractivity contribution < 1.29 is 0 Å². The smallest absolute Gasteiger partial charge is 0.133 e. The summed E-state index contributed by atoms with van der Waals surface area (Å²) in [5.41, 5.74) is 2.21. The Bertz CT molecular complexity index is 582. The molecule has 2 aromatic rings. The first kappa shape index (κ1) is 12.7. The molecule has 3 rings (SSSR count). The average molecular weight is 275 g/mol. The summed E-state index contributed by atoms with van der Waals surface area (Å²) in [6, 6.07) is 10.4. The van der Waals surface area contributed by atoms with Crippen LogP contribution in [0.3, 0.4) is 0 Å². The molecule has 2 heterocycles. The van der Waals surface area contributed by atoms with Crippen molar-refractivity contribution in [2.45, 2.75) is 25.6 Å². The minimum absolute atomic E-state index is 0.526. The van der Waals surface area contributed by atoms with Gasteiger partial charge in [-0.3, -0.25) is 0 Å². The van der Waals surface area contributed by atoms with Crippen LogP contribution in [0, 0.1) is 5.92 Å². The normalized spacial score (nSPS) is 19.9. The number of alkyl halides is 1. The van der Waals surface area contributed by atoms with E-state index in [0.717, 1.165) is 35.9 Å². The van der Waals surface area contributed by atoms with Gasteiger partial charge in [-0.15, -0.1) is 11.6 Å². The first-order valence-electron chi connectivity index (χ1n) is 6.97. The topological polar surface area (TPSA) is 16.1 Å². The molecular weight excluding hydrogens is 256 g/mol. The lowest BCUT2D eigenvalue weighted by Gasteiger charge is -2.33. The van der Waals surface area contributed by atoms with E-state index in [1.807, 2.05) is 12.1 Å². The number of halogens is 1. The summed E-state index contributed by atoms with van der Waals surface area (Å²) in [7, 11) is 0. The Labute approximate surface area is 119 Å². The Hall–Kier alpha value is -1.28. The predicted octanol–water partition coefficient (Wildman–Crippen LogP) is 4.21. The highest BCUT2D eigenvalue weighted by Gasteiger charge is 2.20. The molecule has 0 N–H and O–H groups in total. The molecule has 2 nitrogen and oxygen atoms in total. The fourth-order valence-electron chi connectivity index (χ4n) is 2.90. The Morgan fingerprint density at radius 1 is 1.37 bits per heavy atom. The number of anilines is 1. The molecule has 0 aliphatic carbocycles. The number of benzene rings is 1. The van der Waals surface area contributed by atoms with Crippen molar-refractivity contribution in [2.75, 3.05) is 18.0 Å². The molecule has 1 saturated heterocycles. The maximum Gasteiger partial charge on any atom is 0.133 e. The molecule has 19 heavy (non-hydrogen) atoms. The molecule has 3 heteroatoms. The predicted molar refractivity (Wildman–Crippen MR) is 81.9 cm³/mol. The van der Waals surface area contributed by atoms with Gasteiger partial charge in [-0.05, 0) is 30.9 Å². The molecule has 0 radical (unpaired) electrons. The van der Waals surface area contributed by atoms with Crippen LogP contribution in [0.25, 0.3) is 10.9 Å². The first-order chi connectivity index (χ1) is 9.28. The minimum atomic E-state index is 0.526. The lowest BCUT2D eigenvalue weighted by atomic mass is 10.00. The second-order valence-electron chi connectivity index (χ2n) is 5.49. The summed E-state index contributed by atoms with van der Waals surface area (Å²) in [6.07, 6.45) is 2.57. The molecule has 1 fully saturated rings. The number of hydrogen-bond donors (Lipinski definition) is 0. The number of hydrogen-bond acceptors (Lipinski definition) is 2. The molecule has 0 spiro atoms. The summed E-state index contributed by atoms with van der Waals surface area (Å²) in [6.45, 7) is 4.50. The van der Waals surface area contributed by atoms with Gasteiger partial charge in [0.25, 0.3) is 0 Å². The van der Waals surface area contributed by atoms with Crippen LogP contribution in [0.4, 0.5) is 5.82 Å². The summed E-state index contributed by atoms with van der Waals surface area (Å²) in [5, 5.41) is 1.17. The van der Waals surface area contributed by atoms with E-state index in [-0.39, 0.29) is 0 Å². The Kier molecular flexibility index (Phi) is 3.61. The van der Waals surface area contributed by atoms with Gasteiger partial charge in [-0.1, -0.05) is 25.1 Å². The van der Waals surface area contributed by atoms with Crippen molar-refractivity contribution in [3.05, 3.63) is 35.9 Å². The largest absolute Gasteiger partial charge is 0.356 e. The van der Waals surface area contributed by atoms with Crippen LogP contribution in [0.1, 0.15) is 25.3 Å². The van der Waals surface area contributed by atoms with Gasteiger partial charge in [-0.25, -0.2) is 4.98 Å². The second kappa shape index (κ2) is 5.38. The summed E-state index contributed by atoms with van der Waals surface area (Å²) in [5.74, 6) is 2.35. The van der Waals surface area contributed by atoms with Gasteiger partial charge in [0.05, 0.1) is 11.4 Å². The van der Waals surface area contributed by atoms with Crippen molar-refractivity contribution in [2.24, 2.45) is 5.92 Å². The standard InChI is InChI=1S/C16H19ClN2/c1-12-5-4-8-19(11-12)16-14(10-17)9-13-6-2-3-7-15(13)18-16/h2-3,6-7,9,12H,4-5,8,10-11H2,1H3. The average Bonchev–Trinajstić information content (AvgIpc) is 2.46. The van der Waals surface area contributed by atoms with E-state index in [9.17, 15) is 0 Å². The highest BCUT2D eigenvalue weighted by atomic mass is 35.5. The van der Waals surface area contributed by atoms with E-state index >= 15 is 0 Å². The maximum atomic E-state index is 6.12. The summed E-state index contributed by atoms with van der Waals surface area (Å²) in [4.78, 5) is 7.25. The fourth-order valence-corrected chi connectivity index (χ4v) is 3.10. The zero-order valence-electron chi connectivity index (χ0n) is 11.3. The number of fused-ring (bicyclic) bond motifs is 1. The number of nitrogens with zero attached hydrogens (tertiary/aromatic N) is 2. The van der Waals surface area contributed by atoms with Crippen LogP contribution in [0.15, 0.2) is 30.3 Å². The number of piperidine rings is 1. The number of aromatic nitrogens is 1. The van der Waals surface area contributed by atoms with Crippen LogP contribution in [0.5, 0.6) is 0 Å². The Morgan fingerprint density at radius 2 is 2.21 bits per heavy atom. The molecule has 0 saturated carbocycles. The molecule has 100 valence electrons. The molecule has 1 aliphatic heterocycles. The van der Waals surface area contributed by atoms with Crippen LogP contribution < -0.4 is 4.90 Å². The van der Waals surface area contributed by atoms with Crippen LogP contribution in [-0.2, 0) is 5.88 Å². The SMILES string of the molecule is CC1CCCN(c2nc3ccccc3cc2CCl)C1. The third kappa shape index (κ3) is 2.55. The third-order valence-corrected chi connectivity index (χ3v) is 4.17. The van der Waals surface area contributed by atoms with E-state index in [0.29, 0.717) is 5.88 Å². The number of para-hydroxylation sites is 1. The molecule has 0 amide bonds. The number of pyridine rings is 1. The highest BCUT2D eigenvalue weighted by Crippen LogP contribution is 2.28. The molecule has 1 atom stereocenters. The van der Waals surface area contributed by atoms with Crippen LogP contribution >= 0.6 is 11.6 Å². The van der Waals surface area contributed by atoms with E-state index in [1.54, 1.807) is 0 Å². The molecule has 1 aromatic carbocycles. The van der Waals surface area contributed by atoms with Crippen molar-refractivity contribution in [3.63, 3.8) is 0 Å². The molecule has 1 unspecified atom stereocenters. The van der Waals surface area contributed by atoms with Crippen LogP contribution in [0.2, 0.25) is 0 Å². The van der Waals surface area contributed by atoms with Gasteiger partial charge in [0.2, 0.25) is 0 Å². The summed E-state index contributed by atoms with van der Waals surface area (Å²) < 4.78 is 0. The van der Waals surface area contributed by atoms with Gasteiger partial charge in [0.1, 0.15) is 5.82 Å². The molecule has 1 aromatic heterocycles. The Morgan fingerprint density at radius 3 is 3.00 bits per heavy atom. The monoisotopic (exact) mass is 274 g/mol. The maximum absolute atomic E-state index is 6.12. The lowest BCUT2D eigenvalue weighted by molar-refractivity contribution is 0.444. The Balaban J connectivity index is 2.05. The van der Waals surface area contributed by atoms with Crippen molar-refractivity contribution in [3.8, 4) is 0 Å². The van der Waals surface area contributed by atoms with Gasteiger partial charge >= 0.3 is 0 Å². The zero-order chi connectivity index (χ0) is 13.2.